The van der Waals surface area contributed by atoms with Gasteiger partial charge in [-0.15, -0.1) is 0 Å². The fourth-order valence-electron chi connectivity index (χ4n) is 1.71. The van der Waals surface area contributed by atoms with Gasteiger partial charge in [0.05, 0.1) is 6.42 Å². The topological polar surface area (TPSA) is 37.3 Å². The largest absolute Gasteiger partial charge is 0.481 e. The van der Waals surface area contributed by atoms with Gasteiger partial charge in [0.25, 0.3) is 0 Å². The number of carbonyl (C=O) groups is 1. The Morgan fingerprint density at radius 1 is 0.944 bits per heavy atom. The second-order valence-electron chi connectivity index (χ2n) is 3.93. The molecule has 0 bridgehead atoms. The molecule has 18 heavy (non-hydrogen) atoms. The average molecular weight is 248 g/mol. The zero-order chi connectivity index (χ0) is 13.1. The van der Waals surface area contributed by atoms with Crippen molar-refractivity contribution < 1.29 is 18.7 Å². The second kappa shape index (κ2) is 4.96. The zero-order valence-corrected chi connectivity index (χ0v) is 9.36. The average Bonchev–Trinajstić information content (AvgIpc) is 2.27. The third-order valence-electron chi connectivity index (χ3n) is 2.51. The molecule has 0 heterocycles. The first kappa shape index (κ1) is 12.2. The Kier molecular flexibility index (Phi) is 3.37. The molecular formula is C14H10F2O2. The first-order valence-corrected chi connectivity index (χ1v) is 5.32. The number of hydrogen-bond donors (Lipinski definition) is 1. The van der Waals surface area contributed by atoms with Gasteiger partial charge in [0.1, 0.15) is 11.6 Å². The number of rotatable bonds is 3. The number of aliphatic carboxylic acids is 1. The highest BCUT2D eigenvalue weighted by Crippen LogP contribution is 2.22. The summed E-state index contributed by atoms with van der Waals surface area (Å²) >= 11 is 0. The lowest BCUT2D eigenvalue weighted by Crippen LogP contribution is -1.99. The predicted molar refractivity (Wildman–Crippen MR) is 63.1 cm³/mol. The van der Waals surface area contributed by atoms with Crippen molar-refractivity contribution in [3.05, 3.63) is 59.7 Å². The van der Waals surface area contributed by atoms with E-state index >= 15 is 0 Å². The lowest BCUT2D eigenvalue weighted by atomic mass is 10.0. The van der Waals surface area contributed by atoms with Gasteiger partial charge in [-0.3, -0.25) is 4.79 Å². The molecule has 2 nitrogen and oxygen atoms in total. The molecule has 2 aromatic carbocycles. The molecule has 2 rings (SSSR count). The maximum absolute atomic E-state index is 13.0. The molecule has 0 fully saturated rings. The molecule has 0 aliphatic rings. The molecule has 2 aromatic rings. The van der Waals surface area contributed by atoms with E-state index < -0.39 is 17.6 Å². The van der Waals surface area contributed by atoms with E-state index in [0.29, 0.717) is 16.7 Å². The van der Waals surface area contributed by atoms with Crippen molar-refractivity contribution in [2.24, 2.45) is 0 Å². The summed E-state index contributed by atoms with van der Waals surface area (Å²) in [7, 11) is 0. The van der Waals surface area contributed by atoms with E-state index in [9.17, 15) is 13.6 Å². The number of hydrogen-bond acceptors (Lipinski definition) is 1. The van der Waals surface area contributed by atoms with E-state index in [1.807, 2.05) is 0 Å². The second-order valence-corrected chi connectivity index (χ2v) is 3.93. The van der Waals surface area contributed by atoms with Crippen LogP contribution in [0.1, 0.15) is 5.56 Å². The van der Waals surface area contributed by atoms with Gasteiger partial charge < -0.3 is 5.11 Å². The Labute approximate surface area is 103 Å². The van der Waals surface area contributed by atoms with Gasteiger partial charge >= 0.3 is 5.97 Å². The van der Waals surface area contributed by atoms with Crippen molar-refractivity contribution >= 4 is 5.97 Å². The maximum atomic E-state index is 13.0. The van der Waals surface area contributed by atoms with Gasteiger partial charge in [-0.1, -0.05) is 24.3 Å². The lowest BCUT2D eigenvalue weighted by molar-refractivity contribution is -0.136. The van der Waals surface area contributed by atoms with Crippen molar-refractivity contribution in [2.75, 3.05) is 0 Å². The number of benzene rings is 2. The van der Waals surface area contributed by atoms with Gasteiger partial charge in [-0.2, -0.15) is 0 Å². The van der Waals surface area contributed by atoms with Gasteiger partial charge in [0, 0.05) is 6.07 Å². The molecule has 4 heteroatoms. The summed E-state index contributed by atoms with van der Waals surface area (Å²) in [6, 6.07) is 9.82. The minimum Gasteiger partial charge on any atom is -0.481 e. The highest BCUT2D eigenvalue weighted by atomic mass is 19.1. The molecular weight excluding hydrogens is 238 g/mol. The van der Waals surface area contributed by atoms with E-state index in [1.165, 1.54) is 12.1 Å². The Balaban J connectivity index is 2.31. The summed E-state index contributed by atoms with van der Waals surface area (Å²) in [4.78, 5) is 10.5. The number of halogens is 2. The van der Waals surface area contributed by atoms with Gasteiger partial charge in [-0.25, -0.2) is 8.78 Å². The summed E-state index contributed by atoms with van der Waals surface area (Å²) in [5.74, 6) is -2.20. The third kappa shape index (κ3) is 2.91. The van der Waals surface area contributed by atoms with Crippen LogP contribution in [0, 0.1) is 11.6 Å². The van der Waals surface area contributed by atoms with Gasteiger partial charge in [0.2, 0.25) is 0 Å². The fourth-order valence-corrected chi connectivity index (χ4v) is 1.71. The van der Waals surface area contributed by atoms with Crippen molar-refractivity contribution in [2.45, 2.75) is 6.42 Å². The van der Waals surface area contributed by atoms with E-state index in [1.54, 1.807) is 24.3 Å². The quantitative estimate of drug-likeness (QED) is 0.905. The van der Waals surface area contributed by atoms with Crippen molar-refractivity contribution in [1.29, 1.82) is 0 Å². The molecule has 0 saturated carbocycles. The predicted octanol–water partition coefficient (Wildman–Crippen LogP) is 3.26. The molecule has 0 spiro atoms. The van der Waals surface area contributed by atoms with Crippen LogP contribution in [0.25, 0.3) is 11.1 Å². The molecule has 0 unspecified atom stereocenters. The first-order valence-electron chi connectivity index (χ1n) is 5.32. The van der Waals surface area contributed by atoms with E-state index in [2.05, 4.69) is 0 Å². The molecule has 0 aliphatic carbocycles. The molecule has 0 aliphatic heterocycles. The molecule has 0 saturated heterocycles. The Hall–Kier alpha value is -2.23. The Morgan fingerprint density at radius 2 is 1.50 bits per heavy atom. The smallest absolute Gasteiger partial charge is 0.307 e. The van der Waals surface area contributed by atoms with Crippen LogP contribution >= 0.6 is 0 Å². The summed E-state index contributed by atoms with van der Waals surface area (Å²) < 4.78 is 26.1. The van der Waals surface area contributed by atoms with E-state index in [4.69, 9.17) is 5.11 Å². The van der Waals surface area contributed by atoms with Crippen molar-refractivity contribution in [1.82, 2.24) is 0 Å². The number of carboxylic acids is 1. The molecule has 92 valence electrons. The monoisotopic (exact) mass is 248 g/mol. The minimum atomic E-state index is -0.917. The summed E-state index contributed by atoms with van der Waals surface area (Å²) in [5, 5.41) is 8.63. The summed E-state index contributed by atoms with van der Waals surface area (Å²) in [5.41, 5.74) is 1.71. The molecule has 0 radical (unpaired) electrons. The molecule has 0 amide bonds. The number of carboxylic acid groups (broad SMARTS) is 1. The summed E-state index contributed by atoms with van der Waals surface area (Å²) in [6.45, 7) is 0. The zero-order valence-electron chi connectivity index (χ0n) is 9.36. The third-order valence-corrected chi connectivity index (χ3v) is 2.51. The van der Waals surface area contributed by atoms with Crippen LogP contribution in [-0.4, -0.2) is 11.1 Å². The fraction of sp³-hybridized carbons (Fsp3) is 0.0714. The maximum Gasteiger partial charge on any atom is 0.307 e. The Bertz CT molecular complexity index is 557. The first-order chi connectivity index (χ1) is 8.54. The van der Waals surface area contributed by atoms with Crippen LogP contribution in [-0.2, 0) is 11.2 Å². The van der Waals surface area contributed by atoms with Crippen LogP contribution in [0.4, 0.5) is 8.78 Å². The van der Waals surface area contributed by atoms with Gasteiger partial charge in [0.15, 0.2) is 0 Å². The normalized spacial score (nSPS) is 10.3. The van der Waals surface area contributed by atoms with Crippen LogP contribution < -0.4 is 0 Å². The SMILES string of the molecule is O=C(O)Cc1ccc(-c2cc(F)cc(F)c2)cc1. The van der Waals surface area contributed by atoms with Crippen LogP contribution in [0.15, 0.2) is 42.5 Å². The van der Waals surface area contributed by atoms with E-state index in [0.717, 1.165) is 6.07 Å². The lowest BCUT2D eigenvalue weighted by Gasteiger charge is -2.04. The molecule has 0 aromatic heterocycles. The van der Waals surface area contributed by atoms with Crippen molar-refractivity contribution in [3.8, 4) is 11.1 Å². The van der Waals surface area contributed by atoms with E-state index in [-0.39, 0.29) is 6.42 Å². The van der Waals surface area contributed by atoms with Crippen molar-refractivity contribution in [3.63, 3.8) is 0 Å². The standard InChI is InChI=1S/C14H10F2O2/c15-12-6-11(7-13(16)8-12)10-3-1-9(2-4-10)5-14(17)18/h1-4,6-8H,5H2,(H,17,18). The minimum absolute atomic E-state index is 0.0716. The highest BCUT2D eigenvalue weighted by molar-refractivity contribution is 5.71. The van der Waals surface area contributed by atoms with Gasteiger partial charge in [-0.05, 0) is 28.8 Å². The molecule has 1 N–H and O–H groups in total. The molecule has 0 atom stereocenters. The summed E-state index contributed by atoms with van der Waals surface area (Å²) in [6.07, 6.45) is -0.0716. The highest BCUT2D eigenvalue weighted by Gasteiger charge is 2.04. The Morgan fingerprint density at radius 3 is 2.00 bits per heavy atom. The van der Waals surface area contributed by atoms with Crippen LogP contribution in [0.2, 0.25) is 0 Å². The van der Waals surface area contributed by atoms with Crippen LogP contribution in [0.3, 0.4) is 0 Å². The van der Waals surface area contributed by atoms with Crippen LogP contribution in [0.5, 0.6) is 0 Å².